The largest absolute Gasteiger partial charge is 0.368 e. The van der Waals surface area contributed by atoms with E-state index in [0.29, 0.717) is 16.9 Å². The molecule has 1 fully saturated rings. The van der Waals surface area contributed by atoms with E-state index >= 15 is 0 Å². The van der Waals surface area contributed by atoms with E-state index in [1.807, 2.05) is 0 Å². The molecule has 0 saturated heterocycles. The number of primary amides is 1. The Balaban J connectivity index is 1.49. The van der Waals surface area contributed by atoms with Crippen LogP contribution in [0.3, 0.4) is 0 Å². The van der Waals surface area contributed by atoms with E-state index in [2.05, 4.69) is 32.2 Å². The van der Waals surface area contributed by atoms with E-state index in [1.165, 1.54) is 23.9 Å². The number of nitrogens with two attached hydrogens (primary N) is 1. The number of hydrogen-bond donors (Lipinski definition) is 2. The third kappa shape index (κ3) is 4.73. The molecule has 2 amide bonds. The molecule has 4 rings (SSSR count). The Labute approximate surface area is 174 Å². The lowest BCUT2D eigenvalue weighted by Crippen LogP contribution is -2.28. The third-order valence-corrected chi connectivity index (χ3v) is 5.01. The molecule has 0 spiro atoms. The summed E-state index contributed by atoms with van der Waals surface area (Å²) in [5, 5.41) is 7.96. The van der Waals surface area contributed by atoms with Crippen LogP contribution in [-0.2, 0) is 11.3 Å². The maximum atomic E-state index is 12.8. The molecule has 9 heteroatoms. The van der Waals surface area contributed by atoms with Gasteiger partial charge >= 0.3 is 0 Å². The van der Waals surface area contributed by atoms with Crippen LogP contribution < -0.4 is 16.0 Å². The lowest BCUT2D eigenvalue weighted by Gasteiger charge is -2.23. The van der Waals surface area contributed by atoms with E-state index in [9.17, 15) is 9.59 Å². The molecule has 156 valence electrons. The number of nitrogens with one attached hydrogen (secondary N) is 1. The number of carbonyl (C=O) groups excluding carboxylic acids is 2. The van der Waals surface area contributed by atoms with Crippen molar-refractivity contribution in [3.8, 4) is 0 Å². The van der Waals surface area contributed by atoms with Crippen molar-refractivity contribution in [2.24, 2.45) is 11.7 Å². The molecule has 0 unspecified atom stereocenters. The number of anilines is 2. The molecule has 2 heterocycles. The number of hydrogen-bond acceptors (Lipinski definition) is 6. The summed E-state index contributed by atoms with van der Waals surface area (Å²) in [5.74, 6) is 0.748. The number of aromatic nitrogens is 4. The Bertz CT molecular complexity index is 1070. The normalized spacial score (nSPS) is 13.4. The van der Waals surface area contributed by atoms with Crippen molar-refractivity contribution in [3.63, 3.8) is 0 Å². The van der Waals surface area contributed by atoms with Gasteiger partial charge in [0, 0.05) is 36.4 Å². The monoisotopic (exact) mass is 407 g/mol. The molecule has 1 aliphatic carbocycles. The van der Waals surface area contributed by atoms with Crippen molar-refractivity contribution < 1.29 is 9.59 Å². The minimum absolute atomic E-state index is 0.00913. The first-order valence-corrected chi connectivity index (χ1v) is 10.2. The maximum absolute atomic E-state index is 12.8. The minimum Gasteiger partial charge on any atom is -0.368 e. The molecule has 3 N–H and O–H groups in total. The fourth-order valence-corrected chi connectivity index (χ4v) is 3.42. The van der Waals surface area contributed by atoms with Crippen LogP contribution in [0.25, 0.3) is 10.9 Å². The van der Waals surface area contributed by atoms with Crippen LogP contribution in [0.2, 0.25) is 0 Å². The number of rotatable bonds is 9. The van der Waals surface area contributed by atoms with Gasteiger partial charge < -0.3 is 16.0 Å². The maximum Gasteiger partial charge on any atom is 0.274 e. The summed E-state index contributed by atoms with van der Waals surface area (Å²) >= 11 is 0. The molecule has 0 atom stereocenters. The third-order valence-electron chi connectivity index (χ3n) is 5.01. The predicted molar refractivity (Wildman–Crippen MR) is 114 cm³/mol. The molecule has 0 radical (unpaired) electrons. The SMILES string of the molecule is CCCN(CC1CC1)c1cc(C(=O)Nc2ccc3nn(CC(N)=O)cc3c2)ncn1. The summed E-state index contributed by atoms with van der Waals surface area (Å²) in [4.78, 5) is 34.6. The average Bonchev–Trinajstić information content (AvgIpc) is 3.45. The Morgan fingerprint density at radius 2 is 2.10 bits per heavy atom. The number of benzene rings is 1. The first kappa shape index (κ1) is 19.8. The minimum atomic E-state index is -0.463. The summed E-state index contributed by atoms with van der Waals surface area (Å²) in [6, 6.07) is 7.10. The van der Waals surface area contributed by atoms with Crippen LogP contribution >= 0.6 is 0 Å². The van der Waals surface area contributed by atoms with Crippen molar-refractivity contribution in [3.05, 3.63) is 42.5 Å². The van der Waals surface area contributed by atoms with Crippen LogP contribution in [0.5, 0.6) is 0 Å². The van der Waals surface area contributed by atoms with Gasteiger partial charge in [-0.2, -0.15) is 5.10 Å². The number of carbonyl (C=O) groups is 2. The number of fused-ring (bicyclic) bond motifs is 1. The molecule has 0 bridgehead atoms. The summed E-state index contributed by atoms with van der Waals surface area (Å²) in [6.07, 6.45) is 6.70. The van der Waals surface area contributed by atoms with E-state index in [0.717, 1.165) is 36.6 Å². The van der Waals surface area contributed by atoms with Gasteiger partial charge in [-0.05, 0) is 43.4 Å². The Morgan fingerprint density at radius 3 is 2.83 bits per heavy atom. The first-order valence-electron chi connectivity index (χ1n) is 10.2. The standard InChI is InChI=1S/C21H25N7O2/c1-2-7-27(10-14-3-4-14)20-9-18(23-13-24-20)21(30)25-16-5-6-17-15(8-16)11-28(26-17)12-19(22)29/h5-6,8-9,11,13-14H,2-4,7,10,12H2,1H3,(H2,22,29)(H,25,30). The zero-order valence-corrected chi connectivity index (χ0v) is 16.9. The van der Waals surface area contributed by atoms with E-state index in [-0.39, 0.29) is 12.5 Å². The fraction of sp³-hybridized carbons (Fsp3) is 0.381. The van der Waals surface area contributed by atoms with Crippen LogP contribution in [-0.4, -0.2) is 44.7 Å². The van der Waals surface area contributed by atoms with Gasteiger partial charge in [0.25, 0.3) is 5.91 Å². The zero-order chi connectivity index (χ0) is 21.1. The first-order chi connectivity index (χ1) is 14.5. The zero-order valence-electron chi connectivity index (χ0n) is 16.9. The molecule has 0 aliphatic heterocycles. The van der Waals surface area contributed by atoms with Crippen molar-refractivity contribution in [2.45, 2.75) is 32.7 Å². The Morgan fingerprint density at radius 1 is 1.27 bits per heavy atom. The molecule has 3 aromatic rings. The quantitative estimate of drug-likeness (QED) is 0.561. The summed E-state index contributed by atoms with van der Waals surface area (Å²) < 4.78 is 1.48. The summed E-state index contributed by atoms with van der Waals surface area (Å²) in [5.41, 5.74) is 6.87. The van der Waals surface area contributed by atoms with Crippen LogP contribution in [0.15, 0.2) is 36.8 Å². The van der Waals surface area contributed by atoms with Gasteiger partial charge in [0.05, 0.1) is 5.52 Å². The molecule has 9 nitrogen and oxygen atoms in total. The van der Waals surface area contributed by atoms with Gasteiger partial charge in [0.1, 0.15) is 24.4 Å². The predicted octanol–water partition coefficient (Wildman–Crippen LogP) is 2.19. The van der Waals surface area contributed by atoms with Crippen molar-refractivity contribution in [1.29, 1.82) is 0 Å². The highest BCUT2D eigenvalue weighted by Crippen LogP contribution is 2.31. The fourth-order valence-electron chi connectivity index (χ4n) is 3.42. The van der Waals surface area contributed by atoms with E-state index < -0.39 is 5.91 Å². The number of nitrogens with zero attached hydrogens (tertiary/aromatic N) is 5. The van der Waals surface area contributed by atoms with Crippen LogP contribution in [0, 0.1) is 5.92 Å². The van der Waals surface area contributed by atoms with Gasteiger partial charge in [-0.3, -0.25) is 14.3 Å². The topological polar surface area (TPSA) is 119 Å². The van der Waals surface area contributed by atoms with Gasteiger partial charge in [-0.15, -0.1) is 0 Å². The van der Waals surface area contributed by atoms with Gasteiger partial charge in [-0.25, -0.2) is 9.97 Å². The van der Waals surface area contributed by atoms with E-state index in [1.54, 1.807) is 30.5 Å². The second-order valence-electron chi connectivity index (χ2n) is 7.67. The lowest BCUT2D eigenvalue weighted by molar-refractivity contribution is -0.118. The molecule has 30 heavy (non-hydrogen) atoms. The highest BCUT2D eigenvalue weighted by molar-refractivity contribution is 6.04. The average molecular weight is 407 g/mol. The molecule has 1 aromatic carbocycles. The van der Waals surface area contributed by atoms with Crippen molar-refractivity contribution >= 4 is 34.2 Å². The van der Waals surface area contributed by atoms with Crippen LogP contribution in [0.1, 0.15) is 36.7 Å². The second-order valence-corrected chi connectivity index (χ2v) is 7.67. The summed E-state index contributed by atoms with van der Waals surface area (Å²) in [6.45, 7) is 4.02. The molecule has 2 aromatic heterocycles. The van der Waals surface area contributed by atoms with E-state index in [4.69, 9.17) is 5.73 Å². The van der Waals surface area contributed by atoms with Gasteiger partial charge in [0.2, 0.25) is 5.91 Å². The Hall–Kier alpha value is -3.49. The van der Waals surface area contributed by atoms with Crippen molar-refractivity contribution in [1.82, 2.24) is 19.7 Å². The molecular formula is C21H25N7O2. The molecular weight excluding hydrogens is 382 g/mol. The molecule has 1 aliphatic rings. The number of amides is 2. The highest BCUT2D eigenvalue weighted by Gasteiger charge is 2.25. The Kier molecular flexibility index (Phi) is 5.60. The lowest BCUT2D eigenvalue weighted by atomic mass is 10.2. The van der Waals surface area contributed by atoms with Crippen molar-refractivity contribution in [2.75, 3.05) is 23.3 Å². The molecule has 1 saturated carbocycles. The van der Waals surface area contributed by atoms with Gasteiger partial charge in [0.15, 0.2) is 0 Å². The van der Waals surface area contributed by atoms with Crippen LogP contribution in [0.4, 0.5) is 11.5 Å². The smallest absolute Gasteiger partial charge is 0.274 e. The van der Waals surface area contributed by atoms with Gasteiger partial charge in [-0.1, -0.05) is 6.92 Å². The summed E-state index contributed by atoms with van der Waals surface area (Å²) in [7, 11) is 0. The second kappa shape index (κ2) is 8.48. The highest BCUT2D eigenvalue weighted by atomic mass is 16.2.